The minimum atomic E-state index is -0.456. The second-order valence-corrected chi connectivity index (χ2v) is 8.93. The first kappa shape index (κ1) is 24.9. The van der Waals surface area contributed by atoms with Crippen LogP contribution in [0.2, 0.25) is 0 Å². The summed E-state index contributed by atoms with van der Waals surface area (Å²) >= 11 is 0. The van der Waals surface area contributed by atoms with Crippen LogP contribution in [0.4, 0.5) is 10.1 Å². The maximum atomic E-state index is 13.8. The van der Waals surface area contributed by atoms with E-state index in [0.717, 1.165) is 22.3 Å². The Bertz CT molecular complexity index is 1320. The lowest BCUT2D eigenvalue weighted by Crippen LogP contribution is -2.30. The summed E-state index contributed by atoms with van der Waals surface area (Å²) in [6.07, 6.45) is 0.229. The second kappa shape index (κ2) is 11.5. The van der Waals surface area contributed by atoms with Crippen molar-refractivity contribution in [3.63, 3.8) is 0 Å². The van der Waals surface area contributed by atoms with Crippen LogP contribution in [0, 0.1) is 12.7 Å². The zero-order valence-corrected chi connectivity index (χ0v) is 20.4. The first-order chi connectivity index (χ1) is 17.4. The molecule has 0 saturated heterocycles. The van der Waals surface area contributed by atoms with Crippen molar-refractivity contribution in [3.05, 3.63) is 137 Å². The van der Waals surface area contributed by atoms with Crippen molar-refractivity contribution in [3.8, 4) is 0 Å². The third kappa shape index (κ3) is 6.45. The molecule has 4 aromatic rings. The molecule has 0 aliphatic carbocycles. The molecule has 36 heavy (non-hydrogen) atoms. The fourth-order valence-corrected chi connectivity index (χ4v) is 4.03. The van der Waals surface area contributed by atoms with Crippen molar-refractivity contribution in [2.45, 2.75) is 32.9 Å². The van der Waals surface area contributed by atoms with Gasteiger partial charge in [0, 0.05) is 11.3 Å². The van der Waals surface area contributed by atoms with E-state index in [-0.39, 0.29) is 29.8 Å². The number of carbonyl (C=O) groups excluding carboxylic acids is 2. The Morgan fingerprint density at radius 3 is 2.17 bits per heavy atom. The summed E-state index contributed by atoms with van der Waals surface area (Å²) in [7, 11) is 0. The van der Waals surface area contributed by atoms with Crippen molar-refractivity contribution >= 4 is 17.5 Å². The topological polar surface area (TPSA) is 49.4 Å². The Kier molecular flexibility index (Phi) is 7.91. The predicted octanol–water partition coefficient (Wildman–Crippen LogP) is 6.40. The lowest BCUT2D eigenvalue weighted by molar-refractivity contribution is -0.121. The summed E-state index contributed by atoms with van der Waals surface area (Å²) in [5.74, 6) is -0.828. The molecule has 0 fully saturated rings. The summed E-state index contributed by atoms with van der Waals surface area (Å²) in [5.41, 5.74) is 4.93. The molecule has 4 rings (SSSR count). The summed E-state index contributed by atoms with van der Waals surface area (Å²) in [6.45, 7) is 4.30. The van der Waals surface area contributed by atoms with Gasteiger partial charge in [0.15, 0.2) is 0 Å². The summed E-state index contributed by atoms with van der Waals surface area (Å²) < 4.78 is 13.8. The van der Waals surface area contributed by atoms with Crippen LogP contribution in [0.3, 0.4) is 0 Å². The number of carbonyl (C=O) groups is 2. The summed E-state index contributed by atoms with van der Waals surface area (Å²) in [5, 5.41) is 3.03. The molecule has 0 unspecified atom stereocenters. The molecule has 5 heteroatoms. The average molecular weight is 481 g/mol. The largest absolute Gasteiger partial charge is 0.349 e. The molecule has 0 saturated carbocycles. The average Bonchev–Trinajstić information content (AvgIpc) is 2.89. The number of nitrogens with zero attached hydrogens (tertiary/aromatic N) is 1. The number of aryl methyl sites for hydroxylation is 1. The molecule has 1 atom stereocenters. The molecule has 0 radical (unpaired) electrons. The van der Waals surface area contributed by atoms with Crippen LogP contribution in [-0.2, 0) is 17.8 Å². The summed E-state index contributed by atoms with van der Waals surface area (Å²) in [4.78, 5) is 27.6. The van der Waals surface area contributed by atoms with Gasteiger partial charge in [-0.2, -0.15) is 0 Å². The van der Waals surface area contributed by atoms with E-state index < -0.39 is 5.82 Å². The molecular formula is C31H29FN2O2. The predicted molar refractivity (Wildman–Crippen MR) is 141 cm³/mol. The number of rotatable bonds is 8. The number of anilines is 1. The van der Waals surface area contributed by atoms with Gasteiger partial charge in [0.2, 0.25) is 5.91 Å². The Morgan fingerprint density at radius 2 is 1.50 bits per heavy atom. The SMILES string of the molecule is Cc1ccc(CN(C(=O)c2cccc(F)c2)c2ccc(CC(=O)N[C@@H](C)c3ccccc3)cc2)cc1. The van der Waals surface area contributed by atoms with Crippen molar-refractivity contribution in [1.82, 2.24) is 5.32 Å². The zero-order valence-electron chi connectivity index (χ0n) is 20.4. The monoisotopic (exact) mass is 480 g/mol. The molecule has 0 aromatic heterocycles. The summed E-state index contributed by atoms with van der Waals surface area (Å²) in [6, 6.07) is 30.7. The third-order valence-electron chi connectivity index (χ3n) is 6.07. The van der Waals surface area contributed by atoms with Crippen molar-refractivity contribution in [1.29, 1.82) is 0 Å². The molecule has 0 aliphatic rings. The molecule has 0 spiro atoms. The normalized spacial score (nSPS) is 11.5. The van der Waals surface area contributed by atoms with Gasteiger partial charge in [-0.3, -0.25) is 9.59 Å². The van der Waals surface area contributed by atoms with Crippen LogP contribution < -0.4 is 10.2 Å². The number of benzene rings is 4. The maximum Gasteiger partial charge on any atom is 0.258 e. The highest BCUT2D eigenvalue weighted by Crippen LogP contribution is 2.22. The number of nitrogens with one attached hydrogen (secondary N) is 1. The zero-order chi connectivity index (χ0) is 25.5. The molecule has 4 nitrogen and oxygen atoms in total. The van der Waals surface area contributed by atoms with E-state index in [1.807, 2.05) is 92.7 Å². The second-order valence-electron chi connectivity index (χ2n) is 8.93. The van der Waals surface area contributed by atoms with Gasteiger partial charge in [-0.05, 0) is 60.9 Å². The Balaban J connectivity index is 1.51. The Labute approximate surface area is 211 Å². The van der Waals surface area contributed by atoms with Crippen LogP contribution >= 0.6 is 0 Å². The molecule has 0 bridgehead atoms. The van der Waals surface area contributed by atoms with Crippen LogP contribution in [0.1, 0.15) is 45.6 Å². The third-order valence-corrected chi connectivity index (χ3v) is 6.07. The van der Waals surface area contributed by atoms with Crippen molar-refractivity contribution in [2.24, 2.45) is 0 Å². The molecule has 1 N–H and O–H groups in total. The van der Waals surface area contributed by atoms with Crippen LogP contribution in [0.5, 0.6) is 0 Å². The Hall–Kier alpha value is -4.25. The minimum absolute atomic E-state index is 0.0774. The molecular weight excluding hydrogens is 451 g/mol. The van der Waals surface area contributed by atoms with Crippen LogP contribution in [-0.4, -0.2) is 11.8 Å². The number of amides is 2. The van der Waals surface area contributed by atoms with Gasteiger partial charge in [-0.15, -0.1) is 0 Å². The molecule has 0 aliphatic heterocycles. The lowest BCUT2D eigenvalue weighted by atomic mass is 10.1. The van der Waals surface area contributed by atoms with Crippen LogP contribution in [0.15, 0.2) is 103 Å². The van der Waals surface area contributed by atoms with E-state index in [2.05, 4.69) is 5.32 Å². The first-order valence-corrected chi connectivity index (χ1v) is 12.0. The van der Waals surface area contributed by atoms with Gasteiger partial charge in [0.05, 0.1) is 19.0 Å². The van der Waals surface area contributed by atoms with Gasteiger partial charge in [0.1, 0.15) is 5.82 Å². The number of hydrogen-bond acceptors (Lipinski definition) is 2. The fourth-order valence-electron chi connectivity index (χ4n) is 4.03. The van der Waals surface area contributed by atoms with E-state index in [1.54, 1.807) is 11.0 Å². The smallest absolute Gasteiger partial charge is 0.258 e. The van der Waals surface area contributed by atoms with E-state index in [1.165, 1.54) is 18.2 Å². The highest BCUT2D eigenvalue weighted by atomic mass is 19.1. The van der Waals surface area contributed by atoms with Gasteiger partial charge < -0.3 is 10.2 Å². The highest BCUT2D eigenvalue weighted by Gasteiger charge is 2.19. The van der Waals surface area contributed by atoms with Crippen molar-refractivity contribution < 1.29 is 14.0 Å². The van der Waals surface area contributed by atoms with Gasteiger partial charge in [0.25, 0.3) is 5.91 Å². The number of halogens is 1. The van der Waals surface area contributed by atoms with Crippen molar-refractivity contribution in [2.75, 3.05) is 4.90 Å². The molecule has 182 valence electrons. The van der Waals surface area contributed by atoms with E-state index in [4.69, 9.17) is 0 Å². The molecule has 4 aromatic carbocycles. The highest BCUT2D eigenvalue weighted by molar-refractivity contribution is 6.06. The fraction of sp³-hybridized carbons (Fsp3) is 0.161. The lowest BCUT2D eigenvalue weighted by Gasteiger charge is -2.24. The first-order valence-electron chi connectivity index (χ1n) is 12.0. The van der Waals surface area contributed by atoms with Crippen LogP contribution in [0.25, 0.3) is 0 Å². The molecule has 0 heterocycles. The standard InChI is InChI=1S/C31H29FN2O2/c1-22-11-13-25(14-12-22)21-34(31(36)27-9-6-10-28(32)20-27)29-17-15-24(16-18-29)19-30(35)33-23(2)26-7-4-3-5-8-26/h3-18,20,23H,19,21H2,1-2H3,(H,33,35)/t23-/m0/s1. The van der Waals surface area contributed by atoms with Gasteiger partial charge >= 0.3 is 0 Å². The number of hydrogen-bond donors (Lipinski definition) is 1. The maximum absolute atomic E-state index is 13.8. The van der Waals surface area contributed by atoms with E-state index >= 15 is 0 Å². The quantitative estimate of drug-likeness (QED) is 0.317. The van der Waals surface area contributed by atoms with E-state index in [0.29, 0.717) is 12.2 Å². The Morgan fingerprint density at radius 1 is 0.833 bits per heavy atom. The van der Waals surface area contributed by atoms with Gasteiger partial charge in [-0.1, -0.05) is 78.4 Å². The van der Waals surface area contributed by atoms with Gasteiger partial charge in [-0.25, -0.2) is 4.39 Å². The van der Waals surface area contributed by atoms with E-state index in [9.17, 15) is 14.0 Å². The minimum Gasteiger partial charge on any atom is -0.349 e. The molecule has 2 amide bonds.